The first kappa shape index (κ1) is 40.0. The Bertz CT molecular complexity index is 2280. The van der Waals surface area contributed by atoms with Crippen molar-refractivity contribution in [2.45, 2.75) is 143 Å². The summed E-state index contributed by atoms with van der Waals surface area (Å²) in [5.41, 5.74) is 7.43. The molecule has 2 aliphatic rings. The zero-order valence-corrected chi connectivity index (χ0v) is 36.3. The number of hydrogen-bond acceptors (Lipinski definition) is 0. The maximum Gasteiger partial charge on any atom is 0.170 e. The minimum Gasteiger partial charge on any atom is -0.203 e. The van der Waals surface area contributed by atoms with E-state index in [0.717, 1.165) is 55.6 Å². The molecule has 294 valence electrons. The van der Waals surface area contributed by atoms with E-state index in [2.05, 4.69) is 106 Å². The van der Waals surface area contributed by atoms with E-state index in [-0.39, 0.29) is 22.0 Å². The lowest BCUT2D eigenvalue weighted by Gasteiger charge is -2.28. The minimum atomic E-state index is -1.39. The van der Waals surface area contributed by atoms with Gasteiger partial charge in [0, 0.05) is 10.8 Å². The average Bonchev–Trinajstić information content (AvgIpc) is 3.45. The average molecular weight is 759 g/mol. The van der Waals surface area contributed by atoms with Gasteiger partial charge < -0.3 is 0 Å². The van der Waals surface area contributed by atoms with Crippen LogP contribution in [0.3, 0.4) is 0 Å². The summed E-state index contributed by atoms with van der Waals surface area (Å²) in [5, 5.41) is 0. The SMILES string of the molecule is CC(C)(C)c1ccc2c(c1)C(C)(C)c1cc(C(C)(C)C)cc(-c3c(F)c(F)c(-c4cc(C(C)(C)C)cc5c4-c4ccc(C(C)(C)C)cc4C5(C)C)c(F)c3F)c1-2. The van der Waals surface area contributed by atoms with Crippen molar-refractivity contribution in [3.05, 3.63) is 128 Å². The zero-order valence-electron chi connectivity index (χ0n) is 36.3. The number of halogens is 4. The Kier molecular flexibility index (Phi) is 8.70. The smallest absolute Gasteiger partial charge is 0.170 e. The summed E-state index contributed by atoms with van der Waals surface area (Å²) >= 11 is 0. The van der Waals surface area contributed by atoms with E-state index in [1.54, 1.807) is 12.1 Å². The van der Waals surface area contributed by atoms with Gasteiger partial charge in [-0.1, -0.05) is 159 Å². The maximum atomic E-state index is 17.3. The minimum absolute atomic E-state index is 0.130. The Morgan fingerprint density at radius 1 is 0.321 bits per heavy atom. The Hall–Kier alpha value is -4.18. The molecule has 0 amide bonds. The summed E-state index contributed by atoms with van der Waals surface area (Å²) in [6.45, 7) is 33.6. The van der Waals surface area contributed by atoms with Gasteiger partial charge >= 0.3 is 0 Å². The molecule has 0 aliphatic heterocycles. The lowest BCUT2D eigenvalue weighted by Crippen LogP contribution is -2.19. The fourth-order valence-electron chi connectivity index (χ4n) is 9.00. The van der Waals surface area contributed by atoms with Crippen molar-refractivity contribution >= 4 is 0 Å². The molecule has 0 saturated heterocycles. The second-order valence-corrected chi connectivity index (χ2v) is 21.7. The van der Waals surface area contributed by atoms with Crippen LogP contribution in [0.4, 0.5) is 17.6 Å². The van der Waals surface area contributed by atoms with Crippen LogP contribution in [-0.2, 0) is 32.5 Å². The fourth-order valence-corrected chi connectivity index (χ4v) is 9.00. The van der Waals surface area contributed by atoms with E-state index in [1.165, 1.54) is 0 Å². The molecule has 0 unspecified atom stereocenters. The summed E-state index contributed by atoms with van der Waals surface area (Å²) in [6, 6.07) is 20.2. The molecule has 0 N–H and O–H groups in total. The Labute approximate surface area is 332 Å². The van der Waals surface area contributed by atoms with Crippen molar-refractivity contribution in [3.63, 3.8) is 0 Å². The standard InChI is InChI=1S/C52H58F4/c1-47(2,3)27-17-19-31-35(23-27)51(13,14)37-25-29(49(7,8)9)21-33(39(31)37)41-43(53)45(55)42(46(56)44(41)54)34-22-30(50(10,11)12)26-38-40(34)32-20-18-28(48(4,5)6)24-36(32)52(38,15)16/h17-26H,1-16H3. The first-order valence-electron chi connectivity index (χ1n) is 20.0. The molecule has 0 saturated carbocycles. The van der Waals surface area contributed by atoms with Gasteiger partial charge in [-0.05, 0) is 112 Å². The Morgan fingerprint density at radius 3 is 0.857 bits per heavy atom. The molecule has 0 heterocycles. The number of hydrogen-bond donors (Lipinski definition) is 0. The number of fused-ring (bicyclic) bond motifs is 6. The van der Waals surface area contributed by atoms with Crippen LogP contribution in [0.5, 0.6) is 0 Å². The quantitative estimate of drug-likeness (QED) is 0.124. The first-order chi connectivity index (χ1) is 25.5. The summed E-state index contributed by atoms with van der Waals surface area (Å²) in [4.78, 5) is 0. The summed E-state index contributed by atoms with van der Waals surface area (Å²) in [5.74, 6) is -5.55. The topological polar surface area (TPSA) is 0 Å². The van der Waals surface area contributed by atoms with Crippen molar-refractivity contribution < 1.29 is 17.6 Å². The van der Waals surface area contributed by atoms with Crippen LogP contribution in [0.15, 0.2) is 60.7 Å². The van der Waals surface area contributed by atoms with Crippen LogP contribution in [-0.4, -0.2) is 0 Å². The highest BCUT2D eigenvalue weighted by molar-refractivity contribution is 5.96. The monoisotopic (exact) mass is 758 g/mol. The van der Waals surface area contributed by atoms with Gasteiger partial charge in [0.05, 0.1) is 11.1 Å². The summed E-state index contributed by atoms with van der Waals surface area (Å²) < 4.78 is 69.2. The predicted octanol–water partition coefficient (Wildman–Crippen LogP) is 15.4. The second kappa shape index (κ2) is 12.2. The third-order valence-corrected chi connectivity index (χ3v) is 12.8. The third-order valence-electron chi connectivity index (χ3n) is 12.8. The predicted molar refractivity (Wildman–Crippen MR) is 227 cm³/mol. The molecule has 7 rings (SSSR count). The Balaban J connectivity index is 1.56. The van der Waals surface area contributed by atoms with E-state index in [4.69, 9.17) is 0 Å². The van der Waals surface area contributed by atoms with Gasteiger partial charge in [-0.15, -0.1) is 0 Å². The summed E-state index contributed by atoms with van der Waals surface area (Å²) in [7, 11) is 0. The highest BCUT2D eigenvalue weighted by atomic mass is 19.2. The van der Waals surface area contributed by atoms with E-state index >= 15 is 17.6 Å². The molecule has 5 aromatic carbocycles. The highest BCUT2D eigenvalue weighted by Gasteiger charge is 2.43. The fraction of sp³-hybridized carbons (Fsp3) is 0.423. The van der Waals surface area contributed by atoms with Crippen LogP contribution in [0.2, 0.25) is 0 Å². The molecular formula is C52H58F4. The Morgan fingerprint density at radius 2 is 0.589 bits per heavy atom. The van der Waals surface area contributed by atoms with Crippen LogP contribution < -0.4 is 0 Å². The van der Waals surface area contributed by atoms with Crippen molar-refractivity contribution in [2.75, 3.05) is 0 Å². The third kappa shape index (κ3) is 5.90. The lowest BCUT2D eigenvalue weighted by atomic mass is 9.76. The molecule has 0 atom stereocenters. The van der Waals surface area contributed by atoms with E-state index in [9.17, 15) is 0 Å². The van der Waals surface area contributed by atoms with Crippen molar-refractivity contribution in [2.24, 2.45) is 0 Å². The largest absolute Gasteiger partial charge is 0.203 e. The van der Waals surface area contributed by atoms with Gasteiger partial charge in [0.1, 0.15) is 0 Å². The van der Waals surface area contributed by atoms with Crippen LogP contribution >= 0.6 is 0 Å². The van der Waals surface area contributed by atoms with Gasteiger partial charge in [-0.3, -0.25) is 0 Å². The molecule has 0 radical (unpaired) electrons. The van der Waals surface area contributed by atoms with Gasteiger partial charge in [0.25, 0.3) is 0 Å². The van der Waals surface area contributed by atoms with Gasteiger partial charge in [0.2, 0.25) is 0 Å². The zero-order chi connectivity index (χ0) is 41.6. The highest BCUT2D eigenvalue weighted by Crippen LogP contribution is 2.57. The molecule has 0 fully saturated rings. The van der Waals surface area contributed by atoms with Crippen LogP contribution in [0, 0.1) is 23.3 Å². The van der Waals surface area contributed by atoms with Gasteiger partial charge in [0.15, 0.2) is 23.3 Å². The number of rotatable bonds is 2. The van der Waals surface area contributed by atoms with E-state index in [1.807, 2.05) is 53.7 Å². The molecule has 0 aromatic heterocycles. The second-order valence-electron chi connectivity index (χ2n) is 21.7. The van der Waals surface area contributed by atoms with Gasteiger partial charge in [-0.25, -0.2) is 17.6 Å². The molecule has 0 nitrogen and oxygen atoms in total. The van der Waals surface area contributed by atoms with E-state index < -0.39 is 56.1 Å². The van der Waals surface area contributed by atoms with Crippen molar-refractivity contribution in [3.8, 4) is 44.5 Å². The van der Waals surface area contributed by atoms with E-state index in [0.29, 0.717) is 11.1 Å². The van der Waals surface area contributed by atoms with Crippen molar-refractivity contribution in [1.82, 2.24) is 0 Å². The van der Waals surface area contributed by atoms with Crippen LogP contribution in [0.25, 0.3) is 44.5 Å². The molecule has 2 aliphatic carbocycles. The van der Waals surface area contributed by atoms with Crippen molar-refractivity contribution in [1.29, 1.82) is 0 Å². The first-order valence-corrected chi connectivity index (χ1v) is 20.0. The van der Waals surface area contributed by atoms with Crippen LogP contribution in [0.1, 0.15) is 155 Å². The van der Waals surface area contributed by atoms with Gasteiger partial charge in [-0.2, -0.15) is 0 Å². The molecular weight excluding hydrogens is 701 g/mol. The molecule has 5 aromatic rings. The normalized spacial score (nSPS) is 15.8. The maximum absolute atomic E-state index is 17.3. The summed E-state index contributed by atoms with van der Waals surface area (Å²) in [6.07, 6.45) is 0. The number of benzene rings is 5. The molecule has 56 heavy (non-hydrogen) atoms. The lowest BCUT2D eigenvalue weighted by molar-refractivity contribution is 0.462. The molecule has 4 heteroatoms. The molecule has 0 spiro atoms. The molecule has 0 bridgehead atoms.